The molecule has 11 heteroatoms. The van der Waals surface area contributed by atoms with Gasteiger partial charge in [0.2, 0.25) is 15.9 Å². The Morgan fingerprint density at radius 2 is 1.73 bits per heavy atom. The molecule has 41 heavy (non-hydrogen) atoms. The average molecular weight is 596 g/mol. The van der Waals surface area contributed by atoms with Crippen molar-refractivity contribution in [3.63, 3.8) is 0 Å². The van der Waals surface area contributed by atoms with Crippen molar-refractivity contribution in [3.8, 4) is 0 Å². The molecule has 5 rings (SSSR count). The lowest BCUT2D eigenvalue weighted by Gasteiger charge is -2.35. The first kappa shape index (κ1) is 30.0. The molecule has 1 unspecified atom stereocenters. The van der Waals surface area contributed by atoms with Gasteiger partial charge in [-0.05, 0) is 79.8 Å². The molecule has 0 radical (unpaired) electrons. The van der Waals surface area contributed by atoms with Gasteiger partial charge in [-0.1, -0.05) is 30.7 Å². The van der Waals surface area contributed by atoms with E-state index in [0.717, 1.165) is 63.0 Å². The van der Waals surface area contributed by atoms with E-state index in [1.165, 1.54) is 21.5 Å². The van der Waals surface area contributed by atoms with Gasteiger partial charge in [0.25, 0.3) is 0 Å². The maximum absolute atomic E-state index is 13.5. The molecule has 1 aliphatic carbocycles. The quantitative estimate of drug-likeness (QED) is 0.413. The third kappa shape index (κ3) is 7.11. The van der Waals surface area contributed by atoms with E-state index in [1.54, 1.807) is 0 Å². The third-order valence-electron chi connectivity index (χ3n) is 8.54. The Hall–Kier alpha value is -2.50. The van der Waals surface area contributed by atoms with E-state index in [4.69, 9.17) is 0 Å². The number of hydrogen-bond donors (Lipinski definition) is 1. The Labute approximate surface area is 239 Å². The molecule has 1 N–H and O–H groups in total. The molecule has 2 fully saturated rings. The van der Waals surface area contributed by atoms with Crippen LogP contribution in [0.25, 0.3) is 0 Å². The first-order valence-corrected chi connectivity index (χ1v) is 15.9. The minimum Gasteiger partial charge on any atom is -0.349 e. The zero-order chi connectivity index (χ0) is 29.2. The Kier molecular flexibility index (Phi) is 9.06. The predicted octanol–water partition coefficient (Wildman–Crippen LogP) is 5.77. The second-order valence-corrected chi connectivity index (χ2v) is 13.4. The topological polar surface area (TPSA) is 69.7 Å². The van der Waals surface area contributed by atoms with Crippen molar-refractivity contribution in [2.75, 3.05) is 19.6 Å². The van der Waals surface area contributed by atoms with Crippen LogP contribution in [0.15, 0.2) is 47.4 Å². The second kappa shape index (κ2) is 12.4. The van der Waals surface area contributed by atoms with Gasteiger partial charge in [-0.25, -0.2) is 12.8 Å². The summed E-state index contributed by atoms with van der Waals surface area (Å²) in [6.07, 6.45) is 0.114. The van der Waals surface area contributed by atoms with Crippen molar-refractivity contribution in [2.45, 2.75) is 93.7 Å². The normalized spacial score (nSPS) is 23.2. The number of carbonyl (C=O) groups is 1. The van der Waals surface area contributed by atoms with Crippen molar-refractivity contribution < 1.29 is 30.8 Å². The molecule has 224 valence electrons. The molecule has 2 aromatic carbocycles. The molecular weight excluding hydrogens is 558 g/mol. The van der Waals surface area contributed by atoms with Crippen molar-refractivity contribution in [3.05, 3.63) is 64.7 Å². The van der Waals surface area contributed by atoms with Crippen LogP contribution in [-0.2, 0) is 34.0 Å². The van der Waals surface area contributed by atoms with Crippen LogP contribution in [0.2, 0.25) is 0 Å². The maximum atomic E-state index is 13.5. The number of hydrogen-bond acceptors (Lipinski definition) is 4. The van der Waals surface area contributed by atoms with Gasteiger partial charge in [0.1, 0.15) is 6.17 Å². The molecule has 1 amide bonds. The van der Waals surface area contributed by atoms with Crippen LogP contribution in [0.5, 0.6) is 0 Å². The maximum Gasteiger partial charge on any atom is 0.416 e. The standard InChI is InChI=1S/C30H37F4N3O3S/c31-24-12-15-36(16-13-24)20-21-10-11-27-22(17-21)5-3-9-28(27)35-29(38)19-25-7-1-2-14-37(25)41(39,40)26-8-4-6-23(18-26)30(32,33)34/h4,6,8,10-11,17-18,24-25,28H,1-3,5,7,9,12-16,19-20H2,(H,35,38)/t25-,28?/m0/s1. The van der Waals surface area contributed by atoms with Gasteiger partial charge in [0.15, 0.2) is 0 Å². The second-order valence-electron chi connectivity index (χ2n) is 11.5. The Morgan fingerprint density at radius 3 is 2.49 bits per heavy atom. The number of aryl methyl sites for hydroxylation is 1. The molecule has 2 atom stereocenters. The Balaban J connectivity index is 1.25. The van der Waals surface area contributed by atoms with Crippen LogP contribution in [0.4, 0.5) is 17.6 Å². The van der Waals surface area contributed by atoms with E-state index in [1.807, 2.05) is 0 Å². The number of fused-ring (bicyclic) bond motifs is 1. The van der Waals surface area contributed by atoms with Crippen LogP contribution in [0, 0.1) is 0 Å². The van der Waals surface area contributed by atoms with E-state index >= 15 is 0 Å². The van der Waals surface area contributed by atoms with Crippen LogP contribution in [0.3, 0.4) is 0 Å². The molecule has 2 heterocycles. The summed E-state index contributed by atoms with van der Waals surface area (Å²) in [5.74, 6) is -0.267. The Morgan fingerprint density at radius 1 is 0.951 bits per heavy atom. The number of piperidine rings is 2. The molecule has 0 spiro atoms. The average Bonchev–Trinajstić information content (AvgIpc) is 2.94. The van der Waals surface area contributed by atoms with Crippen molar-refractivity contribution in [1.29, 1.82) is 0 Å². The summed E-state index contributed by atoms with van der Waals surface area (Å²) in [6, 6.07) is 9.28. The smallest absolute Gasteiger partial charge is 0.349 e. The van der Waals surface area contributed by atoms with E-state index in [-0.39, 0.29) is 24.9 Å². The zero-order valence-corrected chi connectivity index (χ0v) is 23.8. The number of carbonyl (C=O) groups excluding carboxylic acids is 1. The number of amides is 1. The summed E-state index contributed by atoms with van der Waals surface area (Å²) in [5, 5.41) is 3.11. The number of benzene rings is 2. The minimum atomic E-state index is -4.66. The fraction of sp³-hybridized carbons (Fsp3) is 0.567. The molecule has 0 aromatic heterocycles. The molecular formula is C30H37F4N3O3S. The van der Waals surface area contributed by atoms with Gasteiger partial charge in [0, 0.05) is 38.6 Å². The van der Waals surface area contributed by atoms with Gasteiger partial charge >= 0.3 is 6.18 Å². The largest absolute Gasteiger partial charge is 0.416 e. The van der Waals surface area contributed by atoms with Crippen LogP contribution < -0.4 is 5.32 Å². The van der Waals surface area contributed by atoms with Crippen LogP contribution in [-0.4, -0.2) is 55.4 Å². The highest BCUT2D eigenvalue weighted by atomic mass is 32.2. The van der Waals surface area contributed by atoms with Gasteiger partial charge in [-0.15, -0.1) is 0 Å². The highest BCUT2D eigenvalue weighted by Gasteiger charge is 2.37. The number of halogens is 4. The van der Waals surface area contributed by atoms with Gasteiger partial charge < -0.3 is 5.32 Å². The van der Waals surface area contributed by atoms with Crippen molar-refractivity contribution in [2.24, 2.45) is 0 Å². The summed E-state index contributed by atoms with van der Waals surface area (Å²) in [7, 11) is -4.21. The van der Waals surface area contributed by atoms with E-state index in [9.17, 15) is 30.8 Å². The van der Waals surface area contributed by atoms with E-state index in [2.05, 4.69) is 28.4 Å². The molecule has 0 saturated carbocycles. The molecule has 2 aliphatic heterocycles. The van der Waals surface area contributed by atoms with Gasteiger partial charge in [0.05, 0.1) is 16.5 Å². The van der Waals surface area contributed by atoms with Crippen LogP contribution >= 0.6 is 0 Å². The fourth-order valence-electron chi connectivity index (χ4n) is 6.36. The van der Waals surface area contributed by atoms with E-state index in [0.29, 0.717) is 31.7 Å². The lowest BCUT2D eigenvalue weighted by atomic mass is 9.86. The van der Waals surface area contributed by atoms with E-state index < -0.39 is 38.9 Å². The summed E-state index contributed by atoms with van der Waals surface area (Å²) in [5.41, 5.74) is 2.40. The minimum absolute atomic E-state index is 0.0490. The first-order chi connectivity index (χ1) is 19.5. The molecule has 2 saturated heterocycles. The first-order valence-electron chi connectivity index (χ1n) is 14.5. The monoisotopic (exact) mass is 595 g/mol. The summed E-state index contributed by atoms with van der Waals surface area (Å²) >= 11 is 0. The lowest BCUT2D eigenvalue weighted by Crippen LogP contribution is -2.46. The lowest BCUT2D eigenvalue weighted by molar-refractivity contribution is -0.137. The summed E-state index contributed by atoms with van der Waals surface area (Å²) in [4.78, 5) is 15.1. The van der Waals surface area contributed by atoms with Crippen molar-refractivity contribution >= 4 is 15.9 Å². The SMILES string of the molecule is O=C(C[C@@H]1CCCCN1S(=O)(=O)c1cccc(C(F)(F)F)c1)NC1CCCc2cc(CN3CCC(F)CC3)ccc21. The number of rotatable bonds is 7. The summed E-state index contributed by atoms with van der Waals surface area (Å²) in [6.45, 7) is 2.43. The Bertz CT molecular complexity index is 1340. The molecule has 3 aliphatic rings. The van der Waals surface area contributed by atoms with Crippen LogP contribution in [0.1, 0.15) is 79.7 Å². The summed E-state index contributed by atoms with van der Waals surface area (Å²) < 4.78 is 81.2. The number of likely N-dealkylation sites (tertiary alicyclic amines) is 1. The molecule has 6 nitrogen and oxygen atoms in total. The zero-order valence-electron chi connectivity index (χ0n) is 23.0. The van der Waals surface area contributed by atoms with Gasteiger partial charge in [-0.2, -0.15) is 17.5 Å². The number of nitrogens with one attached hydrogen (secondary N) is 1. The fourth-order valence-corrected chi connectivity index (χ4v) is 8.10. The molecule has 2 aromatic rings. The third-order valence-corrected chi connectivity index (χ3v) is 10.5. The highest BCUT2D eigenvalue weighted by molar-refractivity contribution is 7.89. The highest BCUT2D eigenvalue weighted by Crippen LogP contribution is 2.34. The number of sulfonamides is 1. The van der Waals surface area contributed by atoms with Gasteiger partial charge in [-0.3, -0.25) is 9.69 Å². The molecule has 0 bridgehead atoms. The number of alkyl halides is 4. The number of nitrogens with zero attached hydrogens (tertiary/aromatic N) is 2. The van der Waals surface area contributed by atoms with Crippen molar-refractivity contribution in [1.82, 2.24) is 14.5 Å². The predicted molar refractivity (Wildman–Crippen MR) is 147 cm³/mol.